The predicted octanol–water partition coefficient (Wildman–Crippen LogP) is 1.74. The minimum absolute atomic E-state index is 0.151. The Balaban J connectivity index is 1.97. The van der Waals surface area contributed by atoms with Crippen molar-refractivity contribution in [2.45, 2.75) is 37.6 Å². The molecule has 3 rings (SSSR count). The lowest BCUT2D eigenvalue weighted by molar-refractivity contribution is 0.217. The molecule has 0 bridgehead atoms. The fraction of sp³-hybridized carbons (Fsp3) is 0.692. The smallest absolute Gasteiger partial charge is 0.244 e. The van der Waals surface area contributed by atoms with Gasteiger partial charge in [-0.25, -0.2) is 8.42 Å². The Bertz CT molecular complexity index is 579. The van der Waals surface area contributed by atoms with Crippen LogP contribution in [0.4, 0.5) is 0 Å². The van der Waals surface area contributed by atoms with Crippen molar-refractivity contribution < 1.29 is 8.42 Å². The van der Waals surface area contributed by atoms with Gasteiger partial charge in [0.25, 0.3) is 0 Å². The summed E-state index contributed by atoms with van der Waals surface area (Å²) in [6.45, 7) is 6.29. The van der Waals surface area contributed by atoms with Gasteiger partial charge in [-0.05, 0) is 45.2 Å². The summed E-state index contributed by atoms with van der Waals surface area (Å²) in [7, 11) is -3.32. The normalized spacial score (nSPS) is 28.5. The molecule has 6 heteroatoms. The second-order valence-corrected chi connectivity index (χ2v) is 8.84. The van der Waals surface area contributed by atoms with Gasteiger partial charge < -0.3 is 5.32 Å². The monoisotopic (exact) mass is 300 g/mol. The lowest BCUT2D eigenvalue weighted by Gasteiger charge is -2.35. The molecule has 0 saturated carbocycles. The van der Waals surface area contributed by atoms with Gasteiger partial charge in [-0.3, -0.25) is 0 Å². The first-order valence-electron chi connectivity index (χ1n) is 6.80. The lowest BCUT2D eigenvalue weighted by atomic mass is 9.94. The van der Waals surface area contributed by atoms with E-state index in [1.807, 2.05) is 19.9 Å². The molecular weight excluding hydrogens is 280 g/mol. The Morgan fingerprint density at radius 3 is 2.84 bits per heavy atom. The number of sulfonamides is 1. The average Bonchev–Trinajstić information content (AvgIpc) is 2.94. The molecule has 4 nitrogen and oxygen atoms in total. The molecule has 3 heterocycles. The van der Waals surface area contributed by atoms with E-state index in [0.29, 0.717) is 17.4 Å². The lowest BCUT2D eigenvalue weighted by Crippen LogP contribution is -2.48. The van der Waals surface area contributed by atoms with Gasteiger partial charge in [0.2, 0.25) is 10.0 Å². The molecule has 0 radical (unpaired) electrons. The highest BCUT2D eigenvalue weighted by Gasteiger charge is 2.41. The second-order valence-electron chi connectivity index (χ2n) is 5.52. The number of rotatable bonds is 2. The third-order valence-corrected chi connectivity index (χ3v) is 7.36. The molecular formula is C13H20N2O2S2. The molecule has 0 aliphatic carbocycles. The van der Waals surface area contributed by atoms with Crippen LogP contribution in [-0.2, 0) is 10.0 Å². The fourth-order valence-electron chi connectivity index (χ4n) is 3.31. The maximum absolute atomic E-state index is 12.9. The number of nitrogens with zero attached hydrogens (tertiary/aromatic N) is 1. The van der Waals surface area contributed by atoms with E-state index < -0.39 is 10.0 Å². The van der Waals surface area contributed by atoms with E-state index in [-0.39, 0.29) is 6.04 Å². The van der Waals surface area contributed by atoms with Crippen LogP contribution in [0.25, 0.3) is 0 Å². The van der Waals surface area contributed by atoms with Crippen LogP contribution in [0, 0.1) is 19.8 Å². The SMILES string of the molecule is Cc1cc(S(=O)(=O)N2CCCC3CNCC32)c(C)s1. The van der Waals surface area contributed by atoms with Gasteiger partial charge in [0.05, 0.1) is 4.90 Å². The van der Waals surface area contributed by atoms with Crippen LogP contribution >= 0.6 is 11.3 Å². The molecule has 0 aromatic carbocycles. The van der Waals surface area contributed by atoms with Crippen molar-refractivity contribution in [3.8, 4) is 0 Å². The zero-order valence-electron chi connectivity index (χ0n) is 11.3. The summed E-state index contributed by atoms with van der Waals surface area (Å²) in [5.74, 6) is 0.489. The van der Waals surface area contributed by atoms with E-state index in [2.05, 4.69) is 5.32 Å². The topological polar surface area (TPSA) is 49.4 Å². The van der Waals surface area contributed by atoms with E-state index in [1.54, 1.807) is 15.6 Å². The highest BCUT2D eigenvalue weighted by molar-refractivity contribution is 7.89. The second kappa shape index (κ2) is 4.84. The summed E-state index contributed by atoms with van der Waals surface area (Å²) in [5.41, 5.74) is 0. The number of piperidine rings is 1. The molecule has 1 aromatic rings. The highest BCUT2D eigenvalue weighted by Crippen LogP contribution is 2.34. The molecule has 2 fully saturated rings. The van der Waals surface area contributed by atoms with Crippen LogP contribution in [0.1, 0.15) is 22.6 Å². The van der Waals surface area contributed by atoms with Crippen LogP contribution in [0.15, 0.2) is 11.0 Å². The van der Waals surface area contributed by atoms with Crippen LogP contribution < -0.4 is 5.32 Å². The van der Waals surface area contributed by atoms with Gasteiger partial charge in [-0.1, -0.05) is 0 Å². The first-order valence-corrected chi connectivity index (χ1v) is 9.05. The van der Waals surface area contributed by atoms with E-state index in [1.165, 1.54) is 0 Å². The number of fused-ring (bicyclic) bond motifs is 1. The van der Waals surface area contributed by atoms with Gasteiger partial charge in [0, 0.05) is 28.9 Å². The van der Waals surface area contributed by atoms with E-state index >= 15 is 0 Å². The number of aryl methyl sites for hydroxylation is 2. The Morgan fingerprint density at radius 1 is 1.37 bits per heavy atom. The molecule has 1 N–H and O–H groups in total. The van der Waals surface area contributed by atoms with Gasteiger partial charge in [0.1, 0.15) is 0 Å². The summed E-state index contributed by atoms with van der Waals surface area (Å²) in [6, 6.07) is 1.97. The quantitative estimate of drug-likeness (QED) is 0.905. The molecule has 2 aliphatic heterocycles. The Morgan fingerprint density at radius 2 is 2.16 bits per heavy atom. The maximum Gasteiger partial charge on any atom is 0.244 e. The van der Waals surface area contributed by atoms with Crippen molar-refractivity contribution in [1.29, 1.82) is 0 Å². The summed E-state index contributed by atoms with van der Waals surface area (Å²) in [6.07, 6.45) is 2.12. The molecule has 2 aliphatic rings. The summed E-state index contributed by atoms with van der Waals surface area (Å²) < 4.78 is 27.5. The summed E-state index contributed by atoms with van der Waals surface area (Å²) in [4.78, 5) is 2.49. The van der Waals surface area contributed by atoms with Crippen molar-refractivity contribution in [1.82, 2.24) is 9.62 Å². The minimum atomic E-state index is -3.32. The average molecular weight is 300 g/mol. The maximum atomic E-state index is 12.9. The highest BCUT2D eigenvalue weighted by atomic mass is 32.2. The van der Waals surface area contributed by atoms with Crippen LogP contribution in [0.5, 0.6) is 0 Å². The molecule has 0 spiro atoms. The Labute approximate surface area is 118 Å². The standard InChI is InChI=1S/C13H20N2O2S2/c1-9-6-13(10(2)18-9)19(16,17)15-5-3-4-11-7-14-8-12(11)15/h6,11-12,14H,3-5,7-8H2,1-2H3. The van der Waals surface area contributed by atoms with Crippen LogP contribution in [0.2, 0.25) is 0 Å². The van der Waals surface area contributed by atoms with Crippen molar-refractivity contribution >= 4 is 21.4 Å². The predicted molar refractivity (Wildman–Crippen MR) is 77.1 cm³/mol. The summed E-state index contributed by atoms with van der Waals surface area (Å²) in [5, 5.41) is 3.33. The largest absolute Gasteiger partial charge is 0.315 e. The number of hydrogen-bond donors (Lipinski definition) is 1. The van der Waals surface area contributed by atoms with Gasteiger partial charge >= 0.3 is 0 Å². The Kier molecular flexibility index (Phi) is 3.45. The molecule has 2 atom stereocenters. The van der Waals surface area contributed by atoms with Crippen molar-refractivity contribution in [2.24, 2.45) is 5.92 Å². The zero-order chi connectivity index (χ0) is 13.6. The summed E-state index contributed by atoms with van der Waals surface area (Å²) >= 11 is 1.56. The third-order valence-electron chi connectivity index (χ3n) is 4.21. The molecule has 0 amide bonds. The minimum Gasteiger partial charge on any atom is -0.315 e. The molecule has 2 saturated heterocycles. The molecule has 19 heavy (non-hydrogen) atoms. The third kappa shape index (κ3) is 2.24. The number of nitrogens with one attached hydrogen (secondary N) is 1. The number of hydrogen-bond acceptors (Lipinski definition) is 4. The van der Waals surface area contributed by atoms with E-state index in [4.69, 9.17) is 0 Å². The van der Waals surface area contributed by atoms with Gasteiger partial charge in [-0.15, -0.1) is 11.3 Å². The first-order chi connectivity index (χ1) is 9.00. The van der Waals surface area contributed by atoms with Crippen molar-refractivity contribution in [2.75, 3.05) is 19.6 Å². The first kappa shape index (κ1) is 13.5. The van der Waals surface area contributed by atoms with Crippen molar-refractivity contribution in [3.05, 3.63) is 15.8 Å². The molecule has 106 valence electrons. The number of thiophene rings is 1. The molecule has 2 unspecified atom stereocenters. The van der Waals surface area contributed by atoms with E-state index in [9.17, 15) is 8.42 Å². The fourth-order valence-corrected chi connectivity index (χ4v) is 6.56. The molecule has 1 aromatic heterocycles. The van der Waals surface area contributed by atoms with Gasteiger partial charge in [-0.2, -0.15) is 4.31 Å². The Hall–Kier alpha value is -0.430. The zero-order valence-corrected chi connectivity index (χ0v) is 13.0. The van der Waals surface area contributed by atoms with E-state index in [0.717, 1.165) is 35.7 Å². The van der Waals surface area contributed by atoms with Gasteiger partial charge in [0.15, 0.2) is 0 Å². The van der Waals surface area contributed by atoms with Crippen LogP contribution in [-0.4, -0.2) is 38.4 Å². The van der Waals surface area contributed by atoms with Crippen molar-refractivity contribution in [3.63, 3.8) is 0 Å². The van der Waals surface area contributed by atoms with Crippen LogP contribution in [0.3, 0.4) is 0 Å².